The monoisotopic (exact) mass is 346 g/mol. The zero-order chi connectivity index (χ0) is 18.1. The van der Waals surface area contributed by atoms with Gasteiger partial charge in [-0.05, 0) is 18.2 Å². The van der Waals surface area contributed by atoms with Crippen LogP contribution in [-0.4, -0.2) is 38.0 Å². The molecule has 0 bridgehead atoms. The minimum atomic E-state index is -0.360. The van der Waals surface area contributed by atoms with E-state index in [9.17, 15) is 9.90 Å². The molecule has 0 saturated heterocycles. The number of aromatic nitrogens is 4. The van der Waals surface area contributed by atoms with E-state index in [4.69, 9.17) is 4.74 Å². The maximum atomic E-state index is 12.7. The van der Waals surface area contributed by atoms with Gasteiger partial charge in [0.1, 0.15) is 11.5 Å². The summed E-state index contributed by atoms with van der Waals surface area (Å²) in [7, 11) is 1.50. The van der Waals surface area contributed by atoms with E-state index in [-0.39, 0.29) is 17.1 Å². The second-order valence-corrected chi connectivity index (χ2v) is 5.64. The van der Waals surface area contributed by atoms with Crippen LogP contribution >= 0.6 is 0 Å². The largest absolute Gasteiger partial charge is 0.507 e. The fourth-order valence-electron chi connectivity index (χ4n) is 2.72. The van der Waals surface area contributed by atoms with Crippen LogP contribution in [0.3, 0.4) is 0 Å². The van der Waals surface area contributed by atoms with Gasteiger partial charge in [-0.2, -0.15) is 10.2 Å². The maximum Gasteiger partial charge on any atom is 0.200 e. The summed E-state index contributed by atoms with van der Waals surface area (Å²) in [5.74, 6) is 0.532. The van der Waals surface area contributed by atoms with E-state index in [0.29, 0.717) is 17.1 Å². The lowest BCUT2D eigenvalue weighted by atomic mass is 10.1. The van der Waals surface area contributed by atoms with E-state index in [1.165, 1.54) is 30.1 Å². The number of ether oxygens (including phenoxy) is 1. The Morgan fingerprint density at radius 2 is 2.00 bits per heavy atom. The predicted octanol–water partition coefficient (Wildman–Crippen LogP) is 2.76. The van der Waals surface area contributed by atoms with Gasteiger partial charge in [-0.1, -0.05) is 24.3 Å². The average Bonchev–Trinajstić information content (AvgIpc) is 3.17. The summed E-state index contributed by atoms with van der Waals surface area (Å²) >= 11 is 0. The van der Waals surface area contributed by atoms with Crippen molar-refractivity contribution in [1.82, 2.24) is 20.0 Å². The topological polar surface area (TPSA) is 90.1 Å². The van der Waals surface area contributed by atoms with Crippen LogP contribution in [0.25, 0.3) is 16.6 Å². The number of fused-ring (bicyclic) bond motifs is 1. The number of phenolic OH excluding ortho intramolecular Hbond substituents is 1. The van der Waals surface area contributed by atoms with Crippen LogP contribution < -0.4 is 4.74 Å². The molecule has 26 heavy (non-hydrogen) atoms. The summed E-state index contributed by atoms with van der Waals surface area (Å²) in [6, 6.07) is 12.2. The Hall–Kier alpha value is -3.74. The van der Waals surface area contributed by atoms with Crippen LogP contribution in [0.1, 0.15) is 15.9 Å². The third-order valence-electron chi connectivity index (χ3n) is 4.06. The van der Waals surface area contributed by atoms with Crippen LogP contribution in [0.15, 0.2) is 61.1 Å². The highest BCUT2D eigenvalue weighted by atomic mass is 16.5. The molecule has 0 unspecified atom stereocenters. The lowest BCUT2D eigenvalue weighted by Gasteiger charge is -2.05. The first-order chi connectivity index (χ1) is 12.7. The van der Waals surface area contributed by atoms with E-state index in [1.807, 2.05) is 24.3 Å². The molecule has 0 amide bonds. The molecule has 2 aromatic carbocycles. The summed E-state index contributed by atoms with van der Waals surface area (Å²) in [5.41, 5.74) is 0.469. The molecule has 7 nitrogen and oxygen atoms in total. The molecule has 0 atom stereocenters. The third kappa shape index (κ3) is 2.65. The van der Waals surface area contributed by atoms with Crippen molar-refractivity contribution in [3.05, 3.63) is 72.2 Å². The SMILES string of the molecule is COc1ccc(O)c(C(=O)c2cnn(-c3nncc4ccccc34)c2)c1. The molecule has 2 heterocycles. The number of methoxy groups -OCH3 is 1. The zero-order valence-electron chi connectivity index (χ0n) is 13.8. The highest BCUT2D eigenvalue weighted by molar-refractivity contribution is 6.10. The number of hydrogen-bond donors (Lipinski definition) is 1. The van der Waals surface area contributed by atoms with E-state index in [2.05, 4.69) is 15.3 Å². The first-order valence-corrected chi connectivity index (χ1v) is 7.84. The smallest absolute Gasteiger partial charge is 0.200 e. The summed E-state index contributed by atoms with van der Waals surface area (Å²) < 4.78 is 6.62. The first kappa shape index (κ1) is 15.8. The van der Waals surface area contributed by atoms with Gasteiger partial charge in [0.15, 0.2) is 11.6 Å². The van der Waals surface area contributed by atoms with Gasteiger partial charge in [-0.15, -0.1) is 5.10 Å². The second-order valence-electron chi connectivity index (χ2n) is 5.64. The molecule has 0 aliphatic carbocycles. The predicted molar refractivity (Wildman–Crippen MR) is 94.8 cm³/mol. The van der Waals surface area contributed by atoms with E-state index in [1.54, 1.807) is 18.5 Å². The lowest BCUT2D eigenvalue weighted by Crippen LogP contribution is -2.03. The third-order valence-corrected chi connectivity index (χ3v) is 4.06. The van der Waals surface area contributed by atoms with Crippen molar-refractivity contribution in [2.75, 3.05) is 7.11 Å². The number of nitrogens with zero attached hydrogens (tertiary/aromatic N) is 4. The Labute approximate surface area is 148 Å². The van der Waals surface area contributed by atoms with Gasteiger partial charge in [-0.25, -0.2) is 4.68 Å². The van der Waals surface area contributed by atoms with Crippen LogP contribution in [0.4, 0.5) is 0 Å². The van der Waals surface area contributed by atoms with Crippen molar-refractivity contribution in [1.29, 1.82) is 0 Å². The fraction of sp³-hybridized carbons (Fsp3) is 0.0526. The quantitative estimate of drug-likeness (QED) is 0.572. The maximum absolute atomic E-state index is 12.7. The molecule has 0 saturated carbocycles. The Kier molecular flexibility index (Phi) is 3.81. The number of carbonyl (C=O) groups is 1. The van der Waals surface area contributed by atoms with Crippen molar-refractivity contribution in [2.24, 2.45) is 0 Å². The number of phenols is 1. The Balaban J connectivity index is 1.75. The van der Waals surface area contributed by atoms with Crippen LogP contribution in [0.2, 0.25) is 0 Å². The van der Waals surface area contributed by atoms with Crippen molar-refractivity contribution in [3.8, 4) is 17.3 Å². The van der Waals surface area contributed by atoms with Crippen molar-refractivity contribution < 1.29 is 14.6 Å². The molecule has 7 heteroatoms. The molecule has 1 N–H and O–H groups in total. The average molecular weight is 346 g/mol. The van der Waals surface area contributed by atoms with Gasteiger partial charge in [0.25, 0.3) is 0 Å². The standard InChI is InChI=1S/C19H14N4O3/c1-26-14-6-7-17(24)16(8-14)18(25)13-10-21-23(11-13)19-15-5-3-2-4-12(15)9-20-22-19/h2-11,24H,1H3. The number of benzene rings is 2. The number of hydrogen-bond acceptors (Lipinski definition) is 6. The van der Waals surface area contributed by atoms with Gasteiger partial charge in [-0.3, -0.25) is 4.79 Å². The van der Waals surface area contributed by atoms with Gasteiger partial charge >= 0.3 is 0 Å². The highest BCUT2D eigenvalue weighted by Crippen LogP contribution is 2.26. The zero-order valence-corrected chi connectivity index (χ0v) is 13.8. The molecule has 4 aromatic rings. The Morgan fingerprint density at radius 3 is 2.85 bits per heavy atom. The molecule has 0 fully saturated rings. The van der Waals surface area contributed by atoms with E-state index in [0.717, 1.165) is 10.8 Å². The van der Waals surface area contributed by atoms with Crippen LogP contribution in [0, 0.1) is 0 Å². The summed E-state index contributed by atoms with van der Waals surface area (Å²) in [6.45, 7) is 0. The van der Waals surface area contributed by atoms with E-state index >= 15 is 0 Å². The second kappa shape index (κ2) is 6.29. The fourth-order valence-corrected chi connectivity index (χ4v) is 2.72. The first-order valence-electron chi connectivity index (χ1n) is 7.84. The van der Waals surface area contributed by atoms with E-state index < -0.39 is 0 Å². The van der Waals surface area contributed by atoms with Gasteiger partial charge < -0.3 is 9.84 Å². The molecule has 0 spiro atoms. The Bertz CT molecular complexity index is 1120. The normalized spacial score (nSPS) is 10.8. The number of aromatic hydroxyl groups is 1. The molecular weight excluding hydrogens is 332 g/mol. The highest BCUT2D eigenvalue weighted by Gasteiger charge is 2.18. The molecular formula is C19H14N4O3. The Morgan fingerprint density at radius 1 is 1.15 bits per heavy atom. The summed E-state index contributed by atoms with van der Waals surface area (Å²) in [6.07, 6.45) is 4.67. The van der Waals surface area contributed by atoms with Crippen LogP contribution in [-0.2, 0) is 0 Å². The number of rotatable bonds is 4. The molecule has 128 valence electrons. The number of ketones is 1. The van der Waals surface area contributed by atoms with Crippen LogP contribution in [0.5, 0.6) is 11.5 Å². The molecule has 0 aliphatic rings. The molecule has 2 aromatic heterocycles. The molecule has 4 rings (SSSR count). The molecule has 0 aliphatic heterocycles. The number of carbonyl (C=O) groups excluding carboxylic acids is 1. The van der Waals surface area contributed by atoms with Gasteiger partial charge in [0, 0.05) is 17.0 Å². The minimum Gasteiger partial charge on any atom is -0.507 e. The van der Waals surface area contributed by atoms with Gasteiger partial charge in [0.2, 0.25) is 0 Å². The molecule has 0 radical (unpaired) electrons. The summed E-state index contributed by atoms with van der Waals surface area (Å²) in [4.78, 5) is 12.7. The minimum absolute atomic E-state index is 0.117. The summed E-state index contributed by atoms with van der Waals surface area (Å²) in [5, 5.41) is 24.2. The van der Waals surface area contributed by atoms with Crippen molar-refractivity contribution in [2.45, 2.75) is 0 Å². The van der Waals surface area contributed by atoms with Crippen molar-refractivity contribution in [3.63, 3.8) is 0 Å². The van der Waals surface area contributed by atoms with Crippen molar-refractivity contribution >= 4 is 16.6 Å². The lowest BCUT2D eigenvalue weighted by molar-refractivity contribution is 0.103. The van der Waals surface area contributed by atoms with Gasteiger partial charge in [0.05, 0.1) is 30.6 Å².